The number of aryl methyl sites for hydroxylation is 1. The van der Waals surface area contributed by atoms with Crippen molar-refractivity contribution in [3.8, 4) is 11.5 Å². The molecule has 2 saturated carbocycles. The highest BCUT2D eigenvalue weighted by Crippen LogP contribution is 2.53. The molecule has 2 aliphatic carbocycles. The molecule has 47 heavy (non-hydrogen) atoms. The molecule has 4 unspecified atom stereocenters. The van der Waals surface area contributed by atoms with Crippen molar-refractivity contribution in [1.82, 2.24) is 5.32 Å². The van der Waals surface area contributed by atoms with E-state index in [1.165, 1.54) is 48.8 Å². The first-order valence-corrected chi connectivity index (χ1v) is 19.4. The summed E-state index contributed by atoms with van der Waals surface area (Å²) in [7, 11) is 1.86. The molecule has 266 valence electrons. The summed E-state index contributed by atoms with van der Waals surface area (Å²) in [6.45, 7) is 19.3. The fourth-order valence-electron chi connectivity index (χ4n) is 8.68. The lowest BCUT2D eigenvalue weighted by molar-refractivity contribution is -0.128. The Kier molecular flexibility index (Phi) is 13.5. The number of phenolic OH excluding ortho intramolecular Hbond substituents is 1. The van der Waals surface area contributed by atoms with Crippen LogP contribution in [0.25, 0.3) is 0 Å². The minimum atomic E-state index is -0.234. The van der Waals surface area contributed by atoms with E-state index in [9.17, 15) is 9.90 Å². The van der Waals surface area contributed by atoms with E-state index in [1.807, 2.05) is 14.0 Å². The molecule has 5 heteroatoms. The van der Waals surface area contributed by atoms with Gasteiger partial charge in [-0.1, -0.05) is 72.1 Å². The van der Waals surface area contributed by atoms with Crippen molar-refractivity contribution in [1.29, 1.82) is 0 Å². The first-order chi connectivity index (χ1) is 22.4. The van der Waals surface area contributed by atoms with Crippen LogP contribution in [0.15, 0.2) is 18.2 Å². The van der Waals surface area contributed by atoms with Gasteiger partial charge in [-0.25, -0.2) is 0 Å². The van der Waals surface area contributed by atoms with Crippen molar-refractivity contribution in [2.24, 2.45) is 10.8 Å². The van der Waals surface area contributed by atoms with Gasteiger partial charge in [-0.3, -0.25) is 4.79 Å². The maximum absolute atomic E-state index is 12.9. The molecule has 1 aliphatic heterocycles. The molecule has 1 aromatic carbocycles. The number of phenols is 1. The highest BCUT2D eigenvalue weighted by Gasteiger charge is 2.41. The van der Waals surface area contributed by atoms with E-state index in [4.69, 9.17) is 9.47 Å². The summed E-state index contributed by atoms with van der Waals surface area (Å²) in [5.41, 5.74) is 4.96. The lowest BCUT2D eigenvalue weighted by atomic mass is 9.75. The van der Waals surface area contributed by atoms with Gasteiger partial charge in [0.15, 0.2) is 17.3 Å². The number of hydrogen-bond donors (Lipinski definition) is 2. The molecular formula is C42H69NO4. The Morgan fingerprint density at radius 3 is 2.40 bits per heavy atom. The number of methoxy groups -OCH3 is 1. The van der Waals surface area contributed by atoms with E-state index in [2.05, 4.69) is 52.6 Å². The van der Waals surface area contributed by atoms with E-state index in [1.54, 1.807) is 0 Å². The zero-order valence-electron chi connectivity index (χ0n) is 31.3. The van der Waals surface area contributed by atoms with Gasteiger partial charge in [0.1, 0.15) is 0 Å². The van der Waals surface area contributed by atoms with Gasteiger partial charge in [0.25, 0.3) is 0 Å². The quantitative estimate of drug-likeness (QED) is 0.0598. The number of unbranched alkanes of at least 4 members (excludes halogenated alkanes) is 1. The van der Waals surface area contributed by atoms with Gasteiger partial charge in [0, 0.05) is 24.6 Å². The molecule has 4 atom stereocenters. The molecule has 0 radical (unpaired) electrons. The number of carbonyl (C=O) groups is 1. The summed E-state index contributed by atoms with van der Waals surface area (Å²) < 4.78 is 12.5. The largest absolute Gasteiger partial charge is 0.504 e. The van der Waals surface area contributed by atoms with Crippen LogP contribution in [-0.2, 0) is 16.0 Å². The number of ether oxygens (including phenoxy) is 2. The Morgan fingerprint density at radius 2 is 1.79 bits per heavy atom. The average molecular weight is 652 g/mol. The summed E-state index contributed by atoms with van der Waals surface area (Å²) in [5.74, 6) is 2.58. The fraction of sp³-hybridized carbons (Fsp3) is 0.786. The molecule has 1 aromatic rings. The fourth-order valence-corrected chi connectivity index (χ4v) is 8.68. The topological polar surface area (TPSA) is 77.7 Å². The van der Waals surface area contributed by atoms with Crippen molar-refractivity contribution in [3.63, 3.8) is 0 Å². The van der Waals surface area contributed by atoms with Crippen molar-refractivity contribution >= 4 is 5.78 Å². The van der Waals surface area contributed by atoms with Crippen LogP contribution in [0.4, 0.5) is 0 Å². The lowest BCUT2D eigenvalue weighted by Gasteiger charge is -2.33. The summed E-state index contributed by atoms with van der Waals surface area (Å²) in [6.07, 6.45) is 19.2. The number of benzene rings is 1. The molecule has 0 amide bonds. The Morgan fingerprint density at radius 1 is 1.04 bits per heavy atom. The van der Waals surface area contributed by atoms with Gasteiger partial charge in [0.05, 0.1) is 18.2 Å². The molecular weight excluding hydrogens is 582 g/mol. The van der Waals surface area contributed by atoms with Crippen molar-refractivity contribution in [2.45, 2.75) is 181 Å². The predicted molar refractivity (Wildman–Crippen MR) is 196 cm³/mol. The predicted octanol–water partition coefficient (Wildman–Crippen LogP) is 10.7. The highest BCUT2D eigenvalue weighted by molar-refractivity contribution is 5.91. The first kappa shape index (κ1) is 38.0. The molecule has 0 spiro atoms. The van der Waals surface area contributed by atoms with Crippen molar-refractivity contribution in [2.75, 3.05) is 20.3 Å². The van der Waals surface area contributed by atoms with Crippen LogP contribution in [0.5, 0.6) is 11.5 Å². The second kappa shape index (κ2) is 16.7. The van der Waals surface area contributed by atoms with Gasteiger partial charge in [-0.15, -0.1) is 0 Å². The van der Waals surface area contributed by atoms with Crippen LogP contribution in [-0.4, -0.2) is 42.8 Å². The third-order valence-electron chi connectivity index (χ3n) is 12.1. The van der Waals surface area contributed by atoms with E-state index < -0.39 is 0 Å². The van der Waals surface area contributed by atoms with E-state index in [-0.39, 0.29) is 17.1 Å². The molecule has 3 aliphatic rings. The Hall–Kier alpha value is -1.85. The van der Waals surface area contributed by atoms with Gasteiger partial charge < -0.3 is 19.9 Å². The van der Waals surface area contributed by atoms with E-state index in [0.29, 0.717) is 35.4 Å². The summed E-state index contributed by atoms with van der Waals surface area (Å²) in [6, 6.07) is 2.51. The molecule has 2 N–H and O–H groups in total. The Balaban J connectivity index is 1.38. The van der Waals surface area contributed by atoms with Crippen LogP contribution in [0.1, 0.15) is 179 Å². The smallest absolute Gasteiger partial charge is 0.164 e. The van der Waals surface area contributed by atoms with Gasteiger partial charge >= 0.3 is 0 Å². The second-order valence-corrected chi connectivity index (χ2v) is 16.6. The number of aromatic hydroxyl groups is 1. The molecule has 3 fully saturated rings. The zero-order valence-corrected chi connectivity index (χ0v) is 31.3. The number of rotatable bonds is 21. The maximum atomic E-state index is 12.9. The monoisotopic (exact) mass is 652 g/mol. The number of nitrogens with one attached hydrogen (secondary N) is 1. The van der Waals surface area contributed by atoms with E-state index in [0.717, 1.165) is 101 Å². The van der Waals surface area contributed by atoms with Gasteiger partial charge in [0.2, 0.25) is 0 Å². The number of hydrogen-bond acceptors (Lipinski definition) is 5. The first-order valence-electron chi connectivity index (χ1n) is 19.4. The summed E-state index contributed by atoms with van der Waals surface area (Å²) in [5, 5.41) is 15.1. The van der Waals surface area contributed by atoms with Crippen LogP contribution in [0.2, 0.25) is 0 Å². The third kappa shape index (κ3) is 10.1. The highest BCUT2D eigenvalue weighted by atomic mass is 16.5. The van der Waals surface area contributed by atoms with Crippen molar-refractivity contribution < 1.29 is 19.4 Å². The molecule has 1 heterocycles. The minimum absolute atomic E-state index is 0.0920. The summed E-state index contributed by atoms with van der Waals surface area (Å²) in [4.78, 5) is 12.9. The third-order valence-corrected chi connectivity index (χ3v) is 12.1. The number of ketones is 1. The minimum Gasteiger partial charge on any atom is -0.504 e. The van der Waals surface area contributed by atoms with Crippen molar-refractivity contribution in [3.05, 3.63) is 34.9 Å². The van der Waals surface area contributed by atoms with E-state index >= 15 is 0 Å². The molecule has 0 aromatic heterocycles. The molecule has 1 saturated heterocycles. The summed E-state index contributed by atoms with van der Waals surface area (Å²) >= 11 is 0. The van der Waals surface area contributed by atoms with Crippen LogP contribution in [0.3, 0.4) is 0 Å². The number of carbonyl (C=O) groups excluding carboxylic acids is 1. The SMILES string of the molecule is C=C(CCCCC(C)(CCC)C(=O)C1CN1)CC(CC)(CCCc1cc(C2CC2)c(C2CCCC(C)(C)CC2)c(O)c1OCC)OC. The standard InChI is InChI=1S/C42H69NO4/c1-9-22-41(7,39(45)35-29-43-35)24-13-12-16-30(4)28-42(10-2,46-8)25-15-18-33-27-34(31-19-20-31)36(37(44)38(33)47-11-3)32-17-14-23-40(5,6)26-21-32/h27,31-32,35,43-44H,4,9-26,28-29H2,1-3,5-8H3. The van der Waals surface area contributed by atoms with Crippen LogP contribution < -0.4 is 10.1 Å². The van der Waals surface area contributed by atoms with Gasteiger partial charge in [-0.05, 0) is 132 Å². The average Bonchev–Trinajstić information content (AvgIpc) is 3.94. The maximum Gasteiger partial charge on any atom is 0.164 e. The Bertz CT molecular complexity index is 1190. The molecule has 4 rings (SSSR count). The second-order valence-electron chi connectivity index (χ2n) is 16.6. The lowest BCUT2D eigenvalue weighted by Crippen LogP contribution is -2.33. The molecule has 0 bridgehead atoms. The van der Waals surface area contributed by atoms with Crippen LogP contribution >= 0.6 is 0 Å². The Labute approximate surface area is 288 Å². The number of Topliss-reactive ketones (excluding diaryl/α,β-unsaturated/α-hetero) is 1. The molecule has 5 nitrogen and oxygen atoms in total. The van der Waals surface area contributed by atoms with Crippen LogP contribution in [0, 0.1) is 10.8 Å². The zero-order chi connectivity index (χ0) is 34.2. The normalized spacial score (nSPS) is 23.4. The van der Waals surface area contributed by atoms with Gasteiger partial charge in [-0.2, -0.15) is 0 Å².